The van der Waals surface area contributed by atoms with E-state index in [1.807, 2.05) is 22.5 Å². The maximum Gasteiger partial charge on any atom is 0.0723 e. The second-order valence-corrected chi connectivity index (χ2v) is 5.39. The quantitative estimate of drug-likeness (QED) is 0.841. The molecule has 0 radical (unpaired) electrons. The molecule has 0 fully saturated rings. The lowest BCUT2D eigenvalue weighted by Crippen LogP contribution is -2.17. The molecule has 18 heavy (non-hydrogen) atoms. The molecule has 2 aromatic rings. The standard InChI is InChI=1S/C14H19N3S/c1-3-17-13(9-10-16-17)14(15)11-5-7-12(8-6-11)18-4-2/h5-10,14H,3-4,15H2,1-2H3. The number of thioether (sulfide) groups is 1. The summed E-state index contributed by atoms with van der Waals surface area (Å²) in [7, 11) is 0. The minimum absolute atomic E-state index is 0.104. The van der Waals surface area contributed by atoms with Crippen LogP contribution in [0, 0.1) is 0 Å². The van der Waals surface area contributed by atoms with E-state index < -0.39 is 0 Å². The van der Waals surface area contributed by atoms with Gasteiger partial charge in [0, 0.05) is 17.6 Å². The second kappa shape index (κ2) is 6.07. The SMILES string of the molecule is CCSc1ccc(C(N)c2ccnn2CC)cc1. The van der Waals surface area contributed by atoms with Crippen molar-refractivity contribution in [3.8, 4) is 0 Å². The minimum Gasteiger partial charge on any atom is -0.319 e. The van der Waals surface area contributed by atoms with E-state index in [1.54, 1.807) is 6.20 Å². The van der Waals surface area contributed by atoms with E-state index in [0.29, 0.717) is 0 Å². The molecule has 1 aromatic carbocycles. The molecule has 1 heterocycles. The Labute approximate surface area is 112 Å². The van der Waals surface area contributed by atoms with Crippen molar-refractivity contribution in [1.82, 2.24) is 9.78 Å². The maximum absolute atomic E-state index is 6.29. The molecule has 0 saturated carbocycles. The Bertz CT molecular complexity index is 490. The molecule has 0 bridgehead atoms. The van der Waals surface area contributed by atoms with Gasteiger partial charge in [-0.05, 0) is 36.4 Å². The Balaban J connectivity index is 2.20. The van der Waals surface area contributed by atoms with Gasteiger partial charge in [-0.2, -0.15) is 5.10 Å². The summed E-state index contributed by atoms with van der Waals surface area (Å²) in [6.45, 7) is 5.08. The van der Waals surface area contributed by atoms with Gasteiger partial charge in [-0.25, -0.2) is 0 Å². The average molecular weight is 261 g/mol. The fourth-order valence-electron chi connectivity index (χ4n) is 1.98. The van der Waals surface area contributed by atoms with Gasteiger partial charge < -0.3 is 5.73 Å². The Kier molecular flexibility index (Phi) is 4.44. The van der Waals surface area contributed by atoms with Gasteiger partial charge in [0.1, 0.15) is 0 Å². The van der Waals surface area contributed by atoms with Gasteiger partial charge in [-0.3, -0.25) is 4.68 Å². The van der Waals surface area contributed by atoms with Crippen LogP contribution in [0.25, 0.3) is 0 Å². The van der Waals surface area contributed by atoms with Gasteiger partial charge in [-0.1, -0.05) is 19.1 Å². The Morgan fingerprint density at radius 3 is 2.56 bits per heavy atom. The zero-order valence-electron chi connectivity index (χ0n) is 10.8. The van der Waals surface area contributed by atoms with Crippen LogP contribution in [0.3, 0.4) is 0 Å². The molecule has 0 aliphatic heterocycles. The summed E-state index contributed by atoms with van der Waals surface area (Å²) in [6, 6.07) is 10.4. The highest BCUT2D eigenvalue weighted by Gasteiger charge is 2.13. The number of hydrogen-bond donors (Lipinski definition) is 1. The third-order valence-corrected chi connectivity index (χ3v) is 3.81. The molecule has 1 atom stereocenters. The third-order valence-electron chi connectivity index (χ3n) is 2.92. The van der Waals surface area contributed by atoms with Gasteiger partial charge in [0.05, 0.1) is 11.7 Å². The molecule has 96 valence electrons. The average Bonchev–Trinajstić information content (AvgIpc) is 2.87. The van der Waals surface area contributed by atoms with Gasteiger partial charge >= 0.3 is 0 Å². The van der Waals surface area contributed by atoms with Crippen molar-refractivity contribution in [2.75, 3.05) is 5.75 Å². The van der Waals surface area contributed by atoms with Crippen molar-refractivity contribution in [2.45, 2.75) is 31.3 Å². The van der Waals surface area contributed by atoms with Crippen molar-refractivity contribution in [1.29, 1.82) is 0 Å². The number of rotatable bonds is 5. The van der Waals surface area contributed by atoms with Crippen molar-refractivity contribution in [3.05, 3.63) is 47.8 Å². The zero-order chi connectivity index (χ0) is 13.0. The normalized spacial score (nSPS) is 12.6. The van der Waals surface area contributed by atoms with Crippen LogP contribution < -0.4 is 5.73 Å². The van der Waals surface area contributed by atoms with E-state index in [0.717, 1.165) is 23.6 Å². The summed E-state index contributed by atoms with van der Waals surface area (Å²) in [4.78, 5) is 1.29. The number of benzene rings is 1. The highest BCUT2D eigenvalue weighted by atomic mass is 32.2. The lowest BCUT2D eigenvalue weighted by molar-refractivity contribution is 0.601. The van der Waals surface area contributed by atoms with Gasteiger partial charge in [-0.15, -0.1) is 11.8 Å². The molecule has 4 heteroatoms. The lowest BCUT2D eigenvalue weighted by Gasteiger charge is -2.14. The molecule has 3 nitrogen and oxygen atoms in total. The van der Waals surface area contributed by atoms with Crippen molar-refractivity contribution in [2.24, 2.45) is 5.73 Å². The topological polar surface area (TPSA) is 43.8 Å². The summed E-state index contributed by atoms with van der Waals surface area (Å²) >= 11 is 1.84. The Morgan fingerprint density at radius 2 is 1.94 bits per heavy atom. The van der Waals surface area contributed by atoms with Crippen molar-refractivity contribution in [3.63, 3.8) is 0 Å². The molecule has 0 aliphatic carbocycles. The summed E-state index contributed by atoms with van der Waals surface area (Å²) in [6.07, 6.45) is 1.81. The summed E-state index contributed by atoms with van der Waals surface area (Å²) in [5.74, 6) is 1.09. The van der Waals surface area contributed by atoms with Gasteiger partial charge in [0.15, 0.2) is 0 Å². The monoisotopic (exact) mass is 261 g/mol. The first-order chi connectivity index (χ1) is 8.76. The number of hydrogen-bond acceptors (Lipinski definition) is 3. The van der Waals surface area contributed by atoms with E-state index >= 15 is 0 Å². The van der Waals surface area contributed by atoms with Crippen LogP contribution in [0.15, 0.2) is 41.4 Å². The molecule has 1 unspecified atom stereocenters. The van der Waals surface area contributed by atoms with E-state index in [2.05, 4.69) is 43.2 Å². The maximum atomic E-state index is 6.29. The van der Waals surface area contributed by atoms with Crippen LogP contribution in [0.1, 0.15) is 31.1 Å². The summed E-state index contributed by atoms with van der Waals surface area (Å²) in [5.41, 5.74) is 8.49. The number of nitrogens with zero attached hydrogens (tertiary/aromatic N) is 2. The largest absolute Gasteiger partial charge is 0.319 e. The minimum atomic E-state index is -0.104. The lowest BCUT2D eigenvalue weighted by atomic mass is 10.0. The molecular formula is C14H19N3S. The van der Waals surface area contributed by atoms with E-state index in [1.165, 1.54) is 4.90 Å². The summed E-state index contributed by atoms with van der Waals surface area (Å²) < 4.78 is 1.94. The van der Waals surface area contributed by atoms with Gasteiger partial charge in [0.2, 0.25) is 0 Å². The predicted octanol–water partition coefficient (Wildman–Crippen LogP) is 3.06. The molecule has 0 amide bonds. The van der Waals surface area contributed by atoms with Crippen LogP contribution in [-0.2, 0) is 6.54 Å². The molecular weight excluding hydrogens is 242 g/mol. The zero-order valence-corrected chi connectivity index (χ0v) is 11.7. The third kappa shape index (κ3) is 2.76. The molecule has 0 saturated heterocycles. The number of nitrogens with two attached hydrogens (primary N) is 1. The van der Waals surface area contributed by atoms with Crippen LogP contribution >= 0.6 is 11.8 Å². The first-order valence-corrected chi connectivity index (χ1v) is 7.24. The molecule has 2 N–H and O–H groups in total. The predicted molar refractivity (Wildman–Crippen MR) is 76.8 cm³/mol. The first kappa shape index (κ1) is 13.2. The van der Waals surface area contributed by atoms with Crippen LogP contribution in [0.2, 0.25) is 0 Å². The van der Waals surface area contributed by atoms with Crippen LogP contribution in [0.5, 0.6) is 0 Å². The van der Waals surface area contributed by atoms with Crippen molar-refractivity contribution >= 4 is 11.8 Å². The Hall–Kier alpha value is -1.26. The van der Waals surface area contributed by atoms with Gasteiger partial charge in [0.25, 0.3) is 0 Å². The van der Waals surface area contributed by atoms with E-state index in [9.17, 15) is 0 Å². The van der Waals surface area contributed by atoms with Crippen LogP contribution in [0.4, 0.5) is 0 Å². The van der Waals surface area contributed by atoms with Crippen LogP contribution in [-0.4, -0.2) is 15.5 Å². The fraction of sp³-hybridized carbons (Fsp3) is 0.357. The molecule has 0 aliphatic rings. The molecule has 2 rings (SSSR count). The molecule has 0 spiro atoms. The number of aromatic nitrogens is 2. The van der Waals surface area contributed by atoms with E-state index in [-0.39, 0.29) is 6.04 Å². The highest BCUT2D eigenvalue weighted by molar-refractivity contribution is 7.99. The molecule has 1 aromatic heterocycles. The first-order valence-electron chi connectivity index (χ1n) is 6.26. The fourth-order valence-corrected chi connectivity index (χ4v) is 2.64. The second-order valence-electron chi connectivity index (χ2n) is 4.05. The Morgan fingerprint density at radius 1 is 1.22 bits per heavy atom. The number of aryl methyl sites for hydroxylation is 1. The van der Waals surface area contributed by atoms with E-state index in [4.69, 9.17) is 5.73 Å². The highest BCUT2D eigenvalue weighted by Crippen LogP contribution is 2.23. The van der Waals surface area contributed by atoms with Crippen molar-refractivity contribution < 1.29 is 0 Å². The smallest absolute Gasteiger partial charge is 0.0723 e. The summed E-state index contributed by atoms with van der Waals surface area (Å²) in [5, 5.41) is 4.26.